The fourth-order valence-corrected chi connectivity index (χ4v) is 5.56. The van der Waals surface area contributed by atoms with Crippen molar-refractivity contribution in [2.24, 2.45) is 5.41 Å². The summed E-state index contributed by atoms with van der Waals surface area (Å²) >= 11 is 0. The molecule has 1 N–H and O–H groups in total. The summed E-state index contributed by atoms with van der Waals surface area (Å²) in [5.41, 5.74) is 1.47. The molecule has 4 fully saturated rings. The number of likely N-dealkylation sites (tertiary alicyclic amines) is 1. The number of carbonyl (C=O) groups is 2. The quantitative estimate of drug-likeness (QED) is 0.796. The summed E-state index contributed by atoms with van der Waals surface area (Å²) in [4.78, 5) is 35.7. The zero-order valence-corrected chi connectivity index (χ0v) is 17.0. The molecule has 4 aliphatic rings. The molecule has 2 bridgehead atoms. The number of hydroxylamine groups is 2. The average molecular weight is 399 g/mol. The van der Waals surface area contributed by atoms with Crippen molar-refractivity contribution in [3.63, 3.8) is 0 Å². The van der Waals surface area contributed by atoms with Crippen LogP contribution in [0.2, 0.25) is 0 Å². The highest BCUT2D eigenvalue weighted by molar-refractivity contribution is 5.88. The molecular formula is C22H30N4O3. The molecule has 5 rings (SSSR count). The molecule has 1 aliphatic carbocycles. The lowest BCUT2D eigenvalue weighted by Crippen LogP contribution is -2.67. The smallest absolute Gasteiger partial charge is 0.345 e. The van der Waals surface area contributed by atoms with E-state index in [2.05, 4.69) is 17.1 Å². The van der Waals surface area contributed by atoms with Crippen LogP contribution in [0.3, 0.4) is 0 Å². The molecule has 3 aliphatic heterocycles. The van der Waals surface area contributed by atoms with Gasteiger partial charge in [0.15, 0.2) is 0 Å². The molecule has 3 amide bonds. The van der Waals surface area contributed by atoms with E-state index < -0.39 is 0 Å². The highest BCUT2D eigenvalue weighted by Gasteiger charge is 2.53. The third-order valence-corrected chi connectivity index (χ3v) is 7.11. The van der Waals surface area contributed by atoms with Crippen molar-refractivity contribution in [2.45, 2.75) is 57.3 Å². The number of nitrogens with zero attached hydrogens (tertiary/aromatic N) is 3. The Morgan fingerprint density at radius 2 is 1.97 bits per heavy atom. The standard InChI is InChI=1S/C22H30N4O3/c1-2-24-14-22(15-24)10-17(11-22)23-20(27)19-9-8-18-12-25(19)21(28)26(18)29-13-16-6-4-3-5-7-16/h3-7,17-19H,2,8-15H2,1H3,(H,23,27)/t18-,19?/m1/s1. The van der Waals surface area contributed by atoms with Gasteiger partial charge in [0.2, 0.25) is 5.91 Å². The van der Waals surface area contributed by atoms with E-state index in [1.807, 2.05) is 30.3 Å². The minimum atomic E-state index is -0.367. The monoisotopic (exact) mass is 398 g/mol. The minimum Gasteiger partial charge on any atom is -0.352 e. The van der Waals surface area contributed by atoms with Crippen LogP contribution in [0.4, 0.5) is 4.79 Å². The largest absolute Gasteiger partial charge is 0.352 e. The molecule has 3 saturated heterocycles. The van der Waals surface area contributed by atoms with Gasteiger partial charge in [-0.3, -0.25) is 9.63 Å². The van der Waals surface area contributed by atoms with Gasteiger partial charge in [-0.05, 0) is 43.2 Å². The summed E-state index contributed by atoms with van der Waals surface area (Å²) < 4.78 is 0. The minimum absolute atomic E-state index is 0.00762. The molecular weight excluding hydrogens is 368 g/mol. The van der Waals surface area contributed by atoms with Gasteiger partial charge >= 0.3 is 6.03 Å². The van der Waals surface area contributed by atoms with Gasteiger partial charge in [-0.1, -0.05) is 37.3 Å². The number of rotatable bonds is 6. The van der Waals surface area contributed by atoms with Gasteiger partial charge in [0.05, 0.1) is 6.04 Å². The van der Waals surface area contributed by atoms with Crippen LogP contribution < -0.4 is 5.32 Å². The van der Waals surface area contributed by atoms with Crippen molar-refractivity contribution in [1.29, 1.82) is 0 Å². The van der Waals surface area contributed by atoms with Crippen molar-refractivity contribution >= 4 is 11.9 Å². The Morgan fingerprint density at radius 3 is 2.69 bits per heavy atom. The highest BCUT2D eigenvalue weighted by Crippen LogP contribution is 2.48. The third-order valence-electron chi connectivity index (χ3n) is 7.11. The van der Waals surface area contributed by atoms with Gasteiger partial charge in [-0.2, -0.15) is 5.06 Å². The molecule has 2 atom stereocenters. The van der Waals surface area contributed by atoms with Gasteiger partial charge in [0.1, 0.15) is 12.6 Å². The topological polar surface area (TPSA) is 65.1 Å². The van der Waals surface area contributed by atoms with E-state index in [0.717, 1.165) is 31.4 Å². The van der Waals surface area contributed by atoms with Crippen LogP contribution in [0.1, 0.15) is 38.2 Å². The number of benzene rings is 1. The zero-order valence-electron chi connectivity index (χ0n) is 17.0. The van der Waals surface area contributed by atoms with E-state index in [4.69, 9.17) is 4.84 Å². The zero-order chi connectivity index (χ0) is 20.0. The summed E-state index contributed by atoms with van der Waals surface area (Å²) in [6, 6.07) is 9.61. The van der Waals surface area contributed by atoms with Gasteiger partial charge in [0.25, 0.3) is 0 Å². The molecule has 29 heavy (non-hydrogen) atoms. The number of carbonyl (C=O) groups excluding carboxylic acids is 2. The van der Waals surface area contributed by atoms with E-state index in [1.54, 1.807) is 4.90 Å². The van der Waals surface area contributed by atoms with E-state index >= 15 is 0 Å². The molecule has 7 nitrogen and oxygen atoms in total. The third kappa shape index (κ3) is 3.40. The van der Waals surface area contributed by atoms with Crippen molar-refractivity contribution in [1.82, 2.24) is 20.2 Å². The Balaban J connectivity index is 1.13. The molecule has 156 valence electrons. The molecule has 1 unspecified atom stereocenters. The van der Waals surface area contributed by atoms with Crippen molar-refractivity contribution < 1.29 is 14.4 Å². The van der Waals surface area contributed by atoms with Crippen LogP contribution in [0, 0.1) is 5.41 Å². The number of hydrogen-bond donors (Lipinski definition) is 1. The number of nitrogens with one attached hydrogen (secondary N) is 1. The van der Waals surface area contributed by atoms with Crippen LogP contribution in [0.15, 0.2) is 30.3 Å². The van der Waals surface area contributed by atoms with E-state index in [9.17, 15) is 9.59 Å². The number of amides is 3. The number of fused-ring (bicyclic) bond motifs is 2. The maximum atomic E-state index is 12.9. The molecule has 1 aromatic carbocycles. The normalized spacial score (nSPS) is 28.4. The number of hydrogen-bond acceptors (Lipinski definition) is 4. The maximum absolute atomic E-state index is 12.9. The second kappa shape index (κ2) is 7.29. The number of piperidine rings is 1. The predicted molar refractivity (Wildman–Crippen MR) is 108 cm³/mol. The van der Waals surface area contributed by atoms with Gasteiger partial charge in [0, 0.05) is 25.7 Å². The molecule has 0 aromatic heterocycles. The second-order valence-electron chi connectivity index (χ2n) is 9.18. The summed E-state index contributed by atoms with van der Waals surface area (Å²) in [6.07, 6.45) is 3.65. The summed E-state index contributed by atoms with van der Waals surface area (Å²) in [6.45, 7) is 6.58. The summed E-state index contributed by atoms with van der Waals surface area (Å²) in [7, 11) is 0. The van der Waals surface area contributed by atoms with E-state index in [0.29, 0.717) is 25.0 Å². The summed E-state index contributed by atoms with van der Waals surface area (Å²) in [5.74, 6) is 0.00762. The SMILES string of the molecule is CCN1CC2(CC(NC(=O)C3CC[C@@H]4CN3C(=O)N4OCc3ccccc3)C2)C1. The maximum Gasteiger partial charge on any atom is 0.345 e. The van der Waals surface area contributed by atoms with Gasteiger partial charge in [-0.15, -0.1) is 0 Å². The van der Waals surface area contributed by atoms with E-state index in [1.165, 1.54) is 18.2 Å². The van der Waals surface area contributed by atoms with Crippen LogP contribution in [-0.2, 0) is 16.2 Å². The van der Waals surface area contributed by atoms with Crippen LogP contribution in [0.5, 0.6) is 0 Å². The first kappa shape index (κ1) is 18.9. The molecule has 0 radical (unpaired) electrons. The lowest BCUT2D eigenvalue weighted by Gasteiger charge is -2.59. The fraction of sp³-hybridized carbons (Fsp3) is 0.636. The van der Waals surface area contributed by atoms with Crippen molar-refractivity contribution in [3.05, 3.63) is 35.9 Å². The molecule has 1 saturated carbocycles. The van der Waals surface area contributed by atoms with Crippen LogP contribution >= 0.6 is 0 Å². The fourth-order valence-electron chi connectivity index (χ4n) is 5.56. The molecule has 1 aromatic rings. The lowest BCUT2D eigenvalue weighted by molar-refractivity contribution is -0.140. The number of urea groups is 1. The first-order valence-electron chi connectivity index (χ1n) is 10.9. The Hall–Kier alpha value is -2.12. The molecule has 3 heterocycles. The second-order valence-corrected chi connectivity index (χ2v) is 9.18. The van der Waals surface area contributed by atoms with Crippen LogP contribution in [0.25, 0.3) is 0 Å². The molecule has 1 spiro atoms. The summed E-state index contributed by atoms with van der Waals surface area (Å²) in [5, 5.41) is 4.70. The van der Waals surface area contributed by atoms with Crippen molar-refractivity contribution in [2.75, 3.05) is 26.2 Å². The van der Waals surface area contributed by atoms with Gasteiger partial charge in [-0.25, -0.2) is 4.79 Å². The first-order valence-corrected chi connectivity index (χ1v) is 10.9. The first-order chi connectivity index (χ1) is 14.1. The Bertz CT molecular complexity index is 772. The predicted octanol–water partition coefficient (Wildman–Crippen LogP) is 1.99. The Morgan fingerprint density at radius 1 is 1.21 bits per heavy atom. The lowest BCUT2D eigenvalue weighted by atomic mass is 9.60. The van der Waals surface area contributed by atoms with Crippen LogP contribution in [-0.4, -0.2) is 71.1 Å². The molecule has 7 heteroatoms. The highest BCUT2D eigenvalue weighted by atomic mass is 16.7. The Labute approximate surface area is 171 Å². The van der Waals surface area contributed by atoms with Crippen molar-refractivity contribution in [3.8, 4) is 0 Å². The Kier molecular flexibility index (Phi) is 4.75. The average Bonchev–Trinajstić information content (AvgIpc) is 2.92. The van der Waals surface area contributed by atoms with E-state index in [-0.39, 0.29) is 30.1 Å². The van der Waals surface area contributed by atoms with Gasteiger partial charge < -0.3 is 15.1 Å².